The Morgan fingerprint density at radius 1 is 0.865 bits per heavy atom. The Kier molecular flexibility index (Phi) is 9.72. The summed E-state index contributed by atoms with van der Waals surface area (Å²) in [4.78, 5) is 24.8. The predicted octanol–water partition coefficient (Wildman–Crippen LogP) is 4.66. The zero-order valence-electron chi connectivity index (χ0n) is 21.2. The van der Waals surface area contributed by atoms with E-state index < -0.39 is 12.0 Å². The third-order valence-electron chi connectivity index (χ3n) is 6.41. The van der Waals surface area contributed by atoms with Crippen LogP contribution in [0.15, 0.2) is 78.9 Å². The quantitative estimate of drug-likeness (QED) is 0.114. The van der Waals surface area contributed by atoms with Gasteiger partial charge in [0.25, 0.3) is 0 Å². The van der Waals surface area contributed by atoms with Crippen LogP contribution in [0.3, 0.4) is 0 Å². The number of ether oxygens (including phenoxy) is 1. The molecule has 0 unspecified atom stereocenters. The van der Waals surface area contributed by atoms with Crippen LogP contribution in [0, 0.1) is 0 Å². The second kappa shape index (κ2) is 13.4. The van der Waals surface area contributed by atoms with Gasteiger partial charge in [-0.3, -0.25) is 0 Å². The molecule has 4 aromatic carbocycles. The number of nitrogens with two attached hydrogens (primary N) is 1. The normalized spacial score (nSPS) is 11.9. The van der Waals surface area contributed by atoms with Crippen molar-refractivity contribution in [2.45, 2.75) is 50.6 Å². The Morgan fingerprint density at radius 3 is 2.19 bits per heavy atom. The van der Waals surface area contributed by atoms with E-state index in [1.807, 2.05) is 30.3 Å². The number of esters is 1. The average molecular weight is 562 g/mol. The van der Waals surface area contributed by atoms with Crippen molar-refractivity contribution in [3.05, 3.63) is 90.0 Å². The van der Waals surface area contributed by atoms with E-state index in [0.29, 0.717) is 5.32 Å². The molecule has 6 heteroatoms. The van der Waals surface area contributed by atoms with Gasteiger partial charge in [-0.25, -0.2) is 0 Å². The van der Waals surface area contributed by atoms with Crippen LogP contribution in [0.1, 0.15) is 37.3 Å². The van der Waals surface area contributed by atoms with Crippen LogP contribution >= 0.6 is 0 Å². The van der Waals surface area contributed by atoms with E-state index in [2.05, 4.69) is 60.8 Å². The van der Waals surface area contributed by atoms with Gasteiger partial charge in [0.2, 0.25) is 0 Å². The molecule has 0 heterocycles. The van der Waals surface area contributed by atoms with Crippen molar-refractivity contribution in [3.63, 3.8) is 0 Å². The van der Waals surface area contributed by atoms with Crippen molar-refractivity contribution in [2.75, 3.05) is 6.54 Å². The number of carbonyl (C=O) groups is 2. The first kappa shape index (κ1) is 26.9. The Balaban J connectivity index is 1.44. The first-order valence-electron chi connectivity index (χ1n) is 12.9. The Labute approximate surface area is 224 Å². The Bertz CT molecular complexity index is 1360. The third kappa shape index (κ3) is 6.98. The fourth-order valence-electron chi connectivity index (χ4n) is 4.48. The molecule has 0 radical (unpaired) electrons. The maximum atomic E-state index is 12.7. The van der Waals surface area contributed by atoms with Gasteiger partial charge in [0, 0.05) is 0 Å². The summed E-state index contributed by atoms with van der Waals surface area (Å²) in [6.45, 7) is 2.21. The number of aryl methyl sites for hydroxylation is 1. The molecule has 0 bridgehead atoms. The summed E-state index contributed by atoms with van der Waals surface area (Å²) >= 11 is -0.00421. The van der Waals surface area contributed by atoms with Crippen molar-refractivity contribution in [1.29, 1.82) is 0 Å². The molecule has 0 aliphatic rings. The summed E-state index contributed by atoms with van der Waals surface area (Å²) in [5.41, 5.74) is 8.59. The number of carbonyl (C=O) groups excluding carboxylic acids is 2. The zero-order chi connectivity index (χ0) is 26.0. The monoisotopic (exact) mass is 562 g/mol. The van der Waals surface area contributed by atoms with Crippen LogP contribution in [0.2, 0.25) is 5.32 Å². The van der Waals surface area contributed by atoms with Crippen molar-refractivity contribution in [2.24, 2.45) is 5.73 Å². The molecule has 1 atom stereocenters. The molecule has 0 aromatic heterocycles. The summed E-state index contributed by atoms with van der Waals surface area (Å²) < 4.78 is 6.58. The van der Waals surface area contributed by atoms with Gasteiger partial charge in [0.05, 0.1) is 0 Å². The van der Waals surface area contributed by atoms with Crippen molar-refractivity contribution in [3.8, 4) is 0 Å². The second-order valence-electron chi connectivity index (χ2n) is 9.14. The minimum atomic E-state index is -0.685. The molecule has 0 saturated carbocycles. The number of rotatable bonds is 12. The van der Waals surface area contributed by atoms with Gasteiger partial charge >= 0.3 is 225 Å². The molecule has 0 spiro atoms. The van der Waals surface area contributed by atoms with Crippen LogP contribution in [0.5, 0.6) is 0 Å². The van der Waals surface area contributed by atoms with Gasteiger partial charge in [0.1, 0.15) is 0 Å². The van der Waals surface area contributed by atoms with Crippen LogP contribution in [0.25, 0.3) is 21.5 Å². The molecule has 0 fully saturated rings. The van der Waals surface area contributed by atoms with Gasteiger partial charge in [-0.1, -0.05) is 0 Å². The topological polar surface area (TPSA) is 81.4 Å². The van der Waals surface area contributed by atoms with E-state index in [4.69, 9.17) is 10.5 Å². The predicted molar refractivity (Wildman–Crippen MR) is 152 cm³/mol. The number of fused-ring (bicyclic) bond motifs is 3. The molecule has 4 aromatic rings. The van der Waals surface area contributed by atoms with Gasteiger partial charge < -0.3 is 0 Å². The summed E-state index contributed by atoms with van der Waals surface area (Å²) in [7, 11) is 0. The van der Waals surface area contributed by atoms with Crippen LogP contribution in [0.4, 0.5) is 0 Å². The summed E-state index contributed by atoms with van der Waals surface area (Å²) in [5.74, 6) is -0.801. The third-order valence-corrected chi connectivity index (χ3v) is 9.10. The molecule has 5 nitrogen and oxygen atoms in total. The van der Waals surface area contributed by atoms with Crippen LogP contribution in [-0.4, -0.2) is 39.4 Å². The number of benzene rings is 4. The summed E-state index contributed by atoms with van der Waals surface area (Å²) in [5, 5.41) is 8.28. The van der Waals surface area contributed by atoms with Crippen LogP contribution in [-0.2, 0) is 27.4 Å². The number of amides is 1. The molecule has 0 saturated heterocycles. The maximum absolute atomic E-state index is 12.7. The first-order valence-corrected chi connectivity index (χ1v) is 14.9. The van der Waals surface area contributed by atoms with Crippen LogP contribution < -0.4 is 15.5 Å². The van der Waals surface area contributed by atoms with Crippen molar-refractivity contribution < 1.29 is 14.3 Å². The van der Waals surface area contributed by atoms with Crippen molar-refractivity contribution >= 4 is 52.8 Å². The molecule has 1 amide bonds. The van der Waals surface area contributed by atoms with E-state index in [1.165, 1.54) is 44.4 Å². The van der Waals surface area contributed by atoms with Gasteiger partial charge in [-0.05, 0) is 0 Å². The molecule has 37 heavy (non-hydrogen) atoms. The van der Waals surface area contributed by atoms with E-state index in [9.17, 15) is 9.59 Å². The standard InChI is InChI=1S/C31H34N2O3Se/c1-2-3-5-17-26-24-15-9-8-14-23(24)25-16-10-11-18-27(25)30(26)37-21-28(32)31(35)33-19-29(34)36-20-22-12-6-4-7-13-22/h4,6-16,18,28H,2-3,5,17,19-21,32H2,1H3,(H,33,35)/t28-/m0/s1. The number of hydrogen-bond donors (Lipinski definition) is 2. The second-order valence-corrected chi connectivity index (χ2v) is 11.3. The van der Waals surface area contributed by atoms with E-state index >= 15 is 0 Å². The molecule has 4 rings (SSSR count). The SMILES string of the molecule is CCCCCc1c([Se]C[C@H](N)C(=O)NCC(=O)OCc2ccccc2)c2ccccc2c2ccccc12. The fourth-order valence-corrected chi connectivity index (χ4v) is 7.03. The molecular weight excluding hydrogens is 527 g/mol. The average Bonchev–Trinajstić information content (AvgIpc) is 2.94. The van der Waals surface area contributed by atoms with Gasteiger partial charge in [-0.2, -0.15) is 0 Å². The molecule has 192 valence electrons. The van der Waals surface area contributed by atoms with E-state index in [1.54, 1.807) is 0 Å². The number of nitrogens with one attached hydrogen (secondary N) is 1. The van der Waals surface area contributed by atoms with E-state index in [0.717, 1.165) is 18.4 Å². The Hall–Kier alpha value is -3.18. The van der Waals surface area contributed by atoms with E-state index in [-0.39, 0.29) is 34.0 Å². The number of hydrogen-bond acceptors (Lipinski definition) is 4. The molecule has 0 aliphatic heterocycles. The van der Waals surface area contributed by atoms with Gasteiger partial charge in [-0.15, -0.1) is 0 Å². The van der Waals surface area contributed by atoms with Crippen molar-refractivity contribution in [1.82, 2.24) is 5.32 Å². The molecule has 0 aliphatic carbocycles. The minimum absolute atomic E-state index is 0.00421. The number of unbranched alkanes of at least 4 members (excludes halogenated alkanes) is 2. The summed E-state index contributed by atoms with van der Waals surface area (Å²) in [6, 6.07) is 25.9. The fraction of sp³-hybridized carbons (Fsp3) is 0.290. The molecular formula is C31H34N2O3Se. The van der Waals surface area contributed by atoms with Gasteiger partial charge in [0.15, 0.2) is 0 Å². The zero-order valence-corrected chi connectivity index (χ0v) is 23.0. The first-order chi connectivity index (χ1) is 18.1. The molecule has 3 N–H and O–H groups in total. The summed E-state index contributed by atoms with van der Waals surface area (Å²) in [6.07, 6.45) is 4.52. The Morgan fingerprint density at radius 2 is 1.49 bits per heavy atom.